The summed E-state index contributed by atoms with van der Waals surface area (Å²) in [5.41, 5.74) is 0.0113. The summed E-state index contributed by atoms with van der Waals surface area (Å²) in [6, 6.07) is 0. The number of nitrogens with one attached hydrogen (secondary N) is 1. The normalized spacial score (nSPS) is 25.8. The predicted molar refractivity (Wildman–Crippen MR) is 81.2 cm³/mol. The zero-order valence-electron chi connectivity index (χ0n) is 12.9. The highest BCUT2D eigenvalue weighted by Crippen LogP contribution is 2.35. The molecule has 1 aromatic heterocycles. The minimum absolute atomic E-state index is 0.0887. The summed E-state index contributed by atoms with van der Waals surface area (Å²) in [6.45, 7) is 3.04. The van der Waals surface area contributed by atoms with E-state index in [0.717, 1.165) is 19.4 Å². The third-order valence-corrected chi connectivity index (χ3v) is 4.44. The molecule has 0 amide bonds. The molecule has 2 atom stereocenters. The van der Waals surface area contributed by atoms with Crippen molar-refractivity contribution in [3.8, 4) is 0 Å². The molecule has 0 aromatic carbocycles. The summed E-state index contributed by atoms with van der Waals surface area (Å²) in [5, 5.41) is 13.8. The molecular formula is C14H23N5O2. The monoisotopic (exact) mass is 293 g/mol. The van der Waals surface area contributed by atoms with Gasteiger partial charge in [0.2, 0.25) is 5.95 Å². The van der Waals surface area contributed by atoms with E-state index >= 15 is 0 Å². The van der Waals surface area contributed by atoms with Crippen molar-refractivity contribution in [2.75, 3.05) is 26.0 Å². The molecule has 2 unspecified atom stereocenters. The van der Waals surface area contributed by atoms with Gasteiger partial charge in [-0.2, -0.15) is 0 Å². The molecule has 0 spiro atoms. The van der Waals surface area contributed by atoms with Gasteiger partial charge in [0, 0.05) is 12.1 Å². The molecule has 7 nitrogen and oxygen atoms in total. The van der Waals surface area contributed by atoms with Crippen molar-refractivity contribution in [3.63, 3.8) is 0 Å². The molecule has 1 aliphatic rings. The number of nitro groups is 1. The van der Waals surface area contributed by atoms with Gasteiger partial charge in [-0.3, -0.25) is 10.1 Å². The Labute approximate surface area is 124 Å². The van der Waals surface area contributed by atoms with E-state index in [-0.39, 0.29) is 11.2 Å². The van der Waals surface area contributed by atoms with Crippen molar-refractivity contribution in [1.29, 1.82) is 0 Å². The molecule has 0 aliphatic heterocycles. The number of hydrogen-bond acceptors (Lipinski definition) is 6. The minimum atomic E-state index is -0.492. The molecule has 0 radical (unpaired) electrons. The summed E-state index contributed by atoms with van der Waals surface area (Å²) in [4.78, 5) is 20.4. The summed E-state index contributed by atoms with van der Waals surface area (Å²) in [5.74, 6) is 1.15. The summed E-state index contributed by atoms with van der Waals surface area (Å²) >= 11 is 0. The molecule has 1 aliphatic carbocycles. The second kappa shape index (κ2) is 6.34. The van der Waals surface area contributed by atoms with Gasteiger partial charge >= 0.3 is 5.69 Å². The Morgan fingerprint density at radius 2 is 2.14 bits per heavy atom. The highest BCUT2D eigenvalue weighted by Gasteiger charge is 2.36. The highest BCUT2D eigenvalue weighted by atomic mass is 16.6. The van der Waals surface area contributed by atoms with E-state index in [1.54, 1.807) is 0 Å². The van der Waals surface area contributed by atoms with Crippen LogP contribution in [0.25, 0.3) is 0 Å². The Morgan fingerprint density at radius 3 is 2.67 bits per heavy atom. The maximum absolute atomic E-state index is 10.6. The first-order valence-electron chi connectivity index (χ1n) is 7.31. The molecule has 1 heterocycles. The predicted octanol–water partition coefficient (Wildman–Crippen LogP) is 2.31. The van der Waals surface area contributed by atoms with Crippen LogP contribution in [-0.4, -0.2) is 46.0 Å². The summed E-state index contributed by atoms with van der Waals surface area (Å²) in [6.07, 6.45) is 7.26. The van der Waals surface area contributed by atoms with Crippen molar-refractivity contribution in [2.45, 2.75) is 38.1 Å². The van der Waals surface area contributed by atoms with Gasteiger partial charge in [-0.25, -0.2) is 9.97 Å². The average Bonchev–Trinajstić information content (AvgIpc) is 2.45. The smallest absolute Gasteiger partial charge is 0.305 e. The molecule has 1 fully saturated rings. The maximum Gasteiger partial charge on any atom is 0.305 e. The van der Waals surface area contributed by atoms with E-state index in [9.17, 15) is 10.1 Å². The first kappa shape index (κ1) is 15.6. The Kier molecular flexibility index (Phi) is 4.72. The molecule has 0 bridgehead atoms. The number of hydrogen-bond donors (Lipinski definition) is 1. The number of anilines is 1. The van der Waals surface area contributed by atoms with Gasteiger partial charge in [0.25, 0.3) is 0 Å². The van der Waals surface area contributed by atoms with Crippen molar-refractivity contribution in [1.82, 2.24) is 14.9 Å². The zero-order chi connectivity index (χ0) is 15.5. The number of aromatic nitrogens is 2. The van der Waals surface area contributed by atoms with Crippen LogP contribution < -0.4 is 5.32 Å². The lowest BCUT2D eigenvalue weighted by Crippen LogP contribution is -2.52. The van der Waals surface area contributed by atoms with Crippen LogP contribution in [0.1, 0.15) is 32.6 Å². The van der Waals surface area contributed by atoms with Gasteiger partial charge in [0.05, 0.1) is 4.92 Å². The van der Waals surface area contributed by atoms with Crippen molar-refractivity contribution >= 4 is 11.6 Å². The Hall–Kier alpha value is -1.76. The molecule has 21 heavy (non-hydrogen) atoms. The third-order valence-electron chi connectivity index (χ3n) is 4.44. The van der Waals surface area contributed by atoms with Crippen LogP contribution in [0.5, 0.6) is 0 Å². The van der Waals surface area contributed by atoms with Crippen LogP contribution in [0.4, 0.5) is 11.6 Å². The average molecular weight is 293 g/mol. The molecule has 1 saturated carbocycles. The molecule has 2 rings (SSSR count). The minimum Gasteiger partial charge on any atom is -0.352 e. The van der Waals surface area contributed by atoms with Crippen LogP contribution in [0.3, 0.4) is 0 Å². The van der Waals surface area contributed by atoms with E-state index in [1.807, 2.05) is 0 Å². The van der Waals surface area contributed by atoms with E-state index in [1.165, 1.54) is 25.2 Å². The quantitative estimate of drug-likeness (QED) is 0.662. The van der Waals surface area contributed by atoms with Crippen LogP contribution in [0.2, 0.25) is 0 Å². The lowest BCUT2D eigenvalue weighted by atomic mass is 9.75. The van der Waals surface area contributed by atoms with Crippen molar-refractivity contribution in [3.05, 3.63) is 22.5 Å². The second-order valence-electron chi connectivity index (χ2n) is 6.20. The molecule has 1 aromatic rings. The standard InChI is InChI=1S/C14H23N5O2/c1-11-5-4-6-14(7-11,18(2)3)10-17-13-15-8-12(9-16-13)19(20)21/h8-9,11H,4-7,10H2,1-3H3,(H,15,16,17). The Balaban J connectivity index is 2.03. The van der Waals surface area contributed by atoms with Crippen LogP contribution >= 0.6 is 0 Å². The molecular weight excluding hydrogens is 270 g/mol. The van der Waals surface area contributed by atoms with Gasteiger partial charge in [0.15, 0.2) is 0 Å². The highest BCUT2D eigenvalue weighted by molar-refractivity contribution is 5.31. The molecule has 1 N–H and O–H groups in total. The molecule has 0 saturated heterocycles. The van der Waals surface area contributed by atoms with Gasteiger partial charge in [-0.05, 0) is 32.9 Å². The van der Waals surface area contributed by atoms with Gasteiger partial charge in [0.1, 0.15) is 12.4 Å². The zero-order valence-corrected chi connectivity index (χ0v) is 12.9. The lowest BCUT2D eigenvalue weighted by molar-refractivity contribution is -0.385. The van der Waals surface area contributed by atoms with Gasteiger partial charge in [-0.1, -0.05) is 19.8 Å². The fourth-order valence-corrected chi connectivity index (χ4v) is 3.11. The van der Waals surface area contributed by atoms with Gasteiger partial charge in [-0.15, -0.1) is 0 Å². The van der Waals surface area contributed by atoms with E-state index in [4.69, 9.17) is 0 Å². The first-order valence-corrected chi connectivity index (χ1v) is 7.31. The van der Waals surface area contributed by atoms with E-state index in [0.29, 0.717) is 11.9 Å². The van der Waals surface area contributed by atoms with Crippen LogP contribution in [-0.2, 0) is 0 Å². The molecule has 7 heteroatoms. The van der Waals surface area contributed by atoms with E-state index < -0.39 is 4.92 Å². The summed E-state index contributed by atoms with van der Waals surface area (Å²) in [7, 11) is 4.22. The molecule has 116 valence electrons. The largest absolute Gasteiger partial charge is 0.352 e. The van der Waals surface area contributed by atoms with Gasteiger partial charge < -0.3 is 10.2 Å². The van der Waals surface area contributed by atoms with Crippen molar-refractivity contribution < 1.29 is 4.92 Å². The topological polar surface area (TPSA) is 84.2 Å². The summed E-state index contributed by atoms with van der Waals surface area (Å²) < 4.78 is 0. The Bertz CT molecular complexity index is 491. The SMILES string of the molecule is CC1CCCC(CNc2ncc([N+](=O)[O-])cn2)(N(C)C)C1. The van der Waals surface area contributed by atoms with Crippen LogP contribution in [0, 0.1) is 16.0 Å². The van der Waals surface area contributed by atoms with Crippen LogP contribution in [0.15, 0.2) is 12.4 Å². The number of likely N-dealkylation sites (N-methyl/N-ethyl adjacent to an activating group) is 1. The van der Waals surface area contributed by atoms with E-state index in [2.05, 4.69) is 41.2 Å². The number of nitrogens with zero attached hydrogens (tertiary/aromatic N) is 4. The lowest BCUT2D eigenvalue weighted by Gasteiger charge is -2.45. The third kappa shape index (κ3) is 3.66. The fourth-order valence-electron chi connectivity index (χ4n) is 3.11. The fraction of sp³-hybridized carbons (Fsp3) is 0.714. The maximum atomic E-state index is 10.6. The van der Waals surface area contributed by atoms with Crippen molar-refractivity contribution in [2.24, 2.45) is 5.92 Å². The number of rotatable bonds is 5. The second-order valence-corrected chi connectivity index (χ2v) is 6.20. The Morgan fingerprint density at radius 1 is 1.48 bits per heavy atom. The first-order chi connectivity index (χ1) is 9.93.